The van der Waals surface area contributed by atoms with Crippen LogP contribution >= 0.6 is 0 Å². The van der Waals surface area contributed by atoms with Gasteiger partial charge < -0.3 is 15.2 Å². The van der Waals surface area contributed by atoms with Crippen LogP contribution in [0.25, 0.3) is 0 Å². The normalized spacial score (nSPS) is 15.2. The molecule has 0 saturated heterocycles. The first-order valence-corrected chi connectivity index (χ1v) is 6.34. The summed E-state index contributed by atoms with van der Waals surface area (Å²) in [4.78, 5) is 0. The third-order valence-electron chi connectivity index (χ3n) is 3.21. The minimum atomic E-state index is -0.405. The molecule has 0 saturated carbocycles. The molecule has 0 aliphatic carbocycles. The Morgan fingerprint density at radius 1 is 1.22 bits per heavy atom. The molecule has 102 valence electrons. The van der Waals surface area contributed by atoms with E-state index in [1.807, 2.05) is 26.1 Å². The lowest BCUT2D eigenvalue weighted by Gasteiger charge is -2.27. The molecule has 0 heterocycles. The predicted octanol–water partition coefficient (Wildman–Crippen LogP) is 2.33. The van der Waals surface area contributed by atoms with E-state index in [0.717, 1.165) is 5.75 Å². The van der Waals surface area contributed by atoms with Crippen molar-refractivity contribution in [1.82, 2.24) is 5.32 Å². The summed E-state index contributed by atoms with van der Waals surface area (Å²) >= 11 is 0. The van der Waals surface area contributed by atoms with Crippen LogP contribution in [-0.2, 0) is 5.41 Å². The van der Waals surface area contributed by atoms with Crippen molar-refractivity contribution in [3.05, 3.63) is 29.8 Å². The van der Waals surface area contributed by atoms with Crippen molar-refractivity contribution >= 4 is 0 Å². The summed E-state index contributed by atoms with van der Waals surface area (Å²) in [5, 5.41) is 12.4. The number of rotatable bonds is 5. The molecule has 0 aliphatic rings. The van der Waals surface area contributed by atoms with E-state index in [1.54, 1.807) is 0 Å². The van der Waals surface area contributed by atoms with Gasteiger partial charge in [0.25, 0.3) is 0 Å². The smallest absolute Gasteiger partial charge is 0.119 e. The first-order chi connectivity index (χ1) is 8.30. The fourth-order valence-corrected chi connectivity index (χ4v) is 1.49. The van der Waals surface area contributed by atoms with Gasteiger partial charge in [0.2, 0.25) is 0 Å². The number of hydrogen-bond acceptors (Lipinski definition) is 3. The minimum absolute atomic E-state index is 0.0441. The second-order valence-electron chi connectivity index (χ2n) is 6.04. The zero-order chi connectivity index (χ0) is 13.8. The van der Waals surface area contributed by atoms with Crippen molar-refractivity contribution in [3.8, 4) is 5.75 Å². The number of aliphatic hydroxyl groups is 1. The molecule has 1 atom stereocenters. The SMILES string of the molecule is CNC(C)(CO)COc1cccc(C(C)(C)C)c1. The Balaban J connectivity index is 2.75. The first kappa shape index (κ1) is 15.0. The van der Waals surface area contributed by atoms with Gasteiger partial charge in [-0.1, -0.05) is 32.9 Å². The van der Waals surface area contributed by atoms with Gasteiger partial charge in [-0.05, 0) is 37.1 Å². The molecule has 18 heavy (non-hydrogen) atoms. The molecule has 3 nitrogen and oxygen atoms in total. The predicted molar refractivity (Wildman–Crippen MR) is 75.2 cm³/mol. The van der Waals surface area contributed by atoms with Gasteiger partial charge in [-0.2, -0.15) is 0 Å². The number of likely N-dealkylation sites (N-methyl/N-ethyl adjacent to an activating group) is 1. The molecule has 2 N–H and O–H groups in total. The summed E-state index contributed by atoms with van der Waals surface area (Å²) in [6, 6.07) is 8.12. The lowest BCUT2D eigenvalue weighted by molar-refractivity contribution is 0.122. The Kier molecular flexibility index (Phi) is 4.77. The highest BCUT2D eigenvalue weighted by Crippen LogP contribution is 2.25. The Hall–Kier alpha value is -1.06. The summed E-state index contributed by atoms with van der Waals surface area (Å²) in [6.45, 7) is 8.95. The number of hydrogen-bond donors (Lipinski definition) is 2. The Morgan fingerprint density at radius 3 is 2.39 bits per heavy atom. The Bertz CT molecular complexity index is 378. The van der Waals surface area contributed by atoms with Crippen molar-refractivity contribution in [2.75, 3.05) is 20.3 Å². The third kappa shape index (κ3) is 4.00. The van der Waals surface area contributed by atoms with E-state index in [-0.39, 0.29) is 12.0 Å². The average molecular weight is 251 g/mol. The zero-order valence-electron chi connectivity index (χ0n) is 12.1. The van der Waals surface area contributed by atoms with Gasteiger partial charge >= 0.3 is 0 Å². The van der Waals surface area contributed by atoms with Crippen molar-refractivity contribution in [1.29, 1.82) is 0 Å². The highest BCUT2D eigenvalue weighted by atomic mass is 16.5. The van der Waals surface area contributed by atoms with Crippen LogP contribution in [0.1, 0.15) is 33.3 Å². The third-order valence-corrected chi connectivity index (χ3v) is 3.21. The zero-order valence-corrected chi connectivity index (χ0v) is 12.1. The highest BCUT2D eigenvalue weighted by molar-refractivity contribution is 5.32. The summed E-state index contributed by atoms with van der Waals surface area (Å²) < 4.78 is 5.77. The molecule has 0 spiro atoms. The van der Waals surface area contributed by atoms with Gasteiger partial charge in [0.15, 0.2) is 0 Å². The average Bonchev–Trinajstić information content (AvgIpc) is 2.35. The molecule has 1 aromatic rings. The summed E-state index contributed by atoms with van der Waals surface area (Å²) in [7, 11) is 1.82. The number of ether oxygens (including phenoxy) is 1. The molecule has 0 bridgehead atoms. The van der Waals surface area contributed by atoms with Gasteiger partial charge in [-0.25, -0.2) is 0 Å². The van der Waals surface area contributed by atoms with E-state index in [9.17, 15) is 5.11 Å². The van der Waals surface area contributed by atoms with Gasteiger partial charge in [-0.15, -0.1) is 0 Å². The van der Waals surface area contributed by atoms with Crippen LogP contribution < -0.4 is 10.1 Å². The summed E-state index contributed by atoms with van der Waals surface area (Å²) in [6.07, 6.45) is 0. The molecule has 0 aromatic heterocycles. The molecule has 3 heteroatoms. The molecule has 0 fully saturated rings. The quantitative estimate of drug-likeness (QED) is 0.844. The molecular weight excluding hydrogens is 226 g/mol. The second-order valence-corrected chi connectivity index (χ2v) is 6.04. The molecule has 1 unspecified atom stereocenters. The molecule has 0 radical (unpaired) electrons. The topological polar surface area (TPSA) is 41.5 Å². The van der Waals surface area contributed by atoms with Crippen LogP contribution in [-0.4, -0.2) is 30.9 Å². The molecule has 1 aromatic carbocycles. The lowest BCUT2D eigenvalue weighted by Crippen LogP contribution is -2.48. The van der Waals surface area contributed by atoms with Crippen LogP contribution in [0.4, 0.5) is 0 Å². The maximum Gasteiger partial charge on any atom is 0.119 e. The van der Waals surface area contributed by atoms with Crippen molar-refractivity contribution in [2.45, 2.75) is 38.6 Å². The standard InChI is InChI=1S/C15H25NO2/c1-14(2,3)12-7-6-8-13(9-12)18-11-15(4,10-17)16-5/h6-9,16-17H,10-11H2,1-5H3. The van der Waals surface area contributed by atoms with Crippen LogP contribution in [0.2, 0.25) is 0 Å². The second kappa shape index (κ2) is 5.72. The lowest BCUT2D eigenvalue weighted by atomic mass is 9.87. The van der Waals surface area contributed by atoms with Gasteiger partial charge in [0, 0.05) is 0 Å². The van der Waals surface area contributed by atoms with Gasteiger partial charge in [-0.3, -0.25) is 0 Å². The van der Waals surface area contributed by atoms with Crippen LogP contribution in [0.3, 0.4) is 0 Å². The highest BCUT2D eigenvalue weighted by Gasteiger charge is 2.22. The van der Waals surface area contributed by atoms with E-state index >= 15 is 0 Å². The van der Waals surface area contributed by atoms with Crippen LogP contribution in [0.15, 0.2) is 24.3 Å². The molecule has 0 amide bonds. The fourth-order valence-electron chi connectivity index (χ4n) is 1.49. The number of benzene rings is 1. The maximum absolute atomic E-state index is 9.30. The fraction of sp³-hybridized carbons (Fsp3) is 0.600. The van der Waals surface area contributed by atoms with E-state index < -0.39 is 5.54 Å². The van der Waals surface area contributed by atoms with Gasteiger partial charge in [0.05, 0.1) is 12.1 Å². The Labute approximate surface area is 110 Å². The largest absolute Gasteiger partial charge is 0.492 e. The molecule has 0 aliphatic heterocycles. The summed E-state index contributed by atoms with van der Waals surface area (Å²) in [5.41, 5.74) is 0.954. The Morgan fingerprint density at radius 2 is 1.89 bits per heavy atom. The van der Waals surface area contributed by atoms with Gasteiger partial charge in [0.1, 0.15) is 12.4 Å². The van der Waals surface area contributed by atoms with Crippen molar-refractivity contribution in [2.24, 2.45) is 0 Å². The van der Waals surface area contributed by atoms with E-state index in [0.29, 0.717) is 6.61 Å². The minimum Gasteiger partial charge on any atom is -0.492 e. The monoisotopic (exact) mass is 251 g/mol. The molecule has 1 rings (SSSR count). The maximum atomic E-state index is 9.30. The van der Waals surface area contributed by atoms with Crippen molar-refractivity contribution < 1.29 is 9.84 Å². The summed E-state index contributed by atoms with van der Waals surface area (Å²) in [5.74, 6) is 0.845. The van der Waals surface area contributed by atoms with E-state index in [2.05, 4.69) is 38.2 Å². The molecular formula is C15H25NO2. The first-order valence-electron chi connectivity index (χ1n) is 6.34. The van der Waals surface area contributed by atoms with Crippen molar-refractivity contribution in [3.63, 3.8) is 0 Å². The van der Waals surface area contributed by atoms with Crippen LogP contribution in [0.5, 0.6) is 5.75 Å². The van der Waals surface area contributed by atoms with E-state index in [4.69, 9.17) is 4.74 Å². The van der Waals surface area contributed by atoms with Crippen LogP contribution in [0, 0.1) is 0 Å². The number of aliphatic hydroxyl groups excluding tert-OH is 1. The number of nitrogens with one attached hydrogen (secondary N) is 1. The van der Waals surface area contributed by atoms with E-state index in [1.165, 1.54) is 5.56 Å².